The van der Waals surface area contributed by atoms with Crippen LogP contribution in [0.15, 0.2) is 85.1 Å². The fourth-order valence-corrected chi connectivity index (χ4v) is 3.66. The van der Waals surface area contributed by atoms with Crippen molar-refractivity contribution in [3.05, 3.63) is 107 Å². The summed E-state index contributed by atoms with van der Waals surface area (Å²) >= 11 is 0. The second kappa shape index (κ2) is 9.94. The van der Waals surface area contributed by atoms with Crippen molar-refractivity contribution >= 4 is 23.1 Å². The molecule has 1 heterocycles. The van der Waals surface area contributed by atoms with Crippen LogP contribution < -0.4 is 10.7 Å². The number of carbonyl (C=O) groups is 2. The zero-order valence-corrected chi connectivity index (χ0v) is 17.6. The van der Waals surface area contributed by atoms with E-state index in [9.17, 15) is 14.7 Å². The van der Waals surface area contributed by atoms with Gasteiger partial charge in [0.15, 0.2) is 0 Å². The minimum absolute atomic E-state index is 0.0879. The third-order valence-electron chi connectivity index (χ3n) is 5.38. The molecule has 0 aliphatic carbocycles. The maximum atomic E-state index is 12.3. The van der Waals surface area contributed by atoms with Crippen LogP contribution in [-0.4, -0.2) is 28.5 Å². The number of nitrogens with zero attached hydrogens (tertiary/aromatic N) is 1. The number of hydrogen-bond donors (Lipinski definition) is 3. The van der Waals surface area contributed by atoms with Gasteiger partial charge in [-0.15, -0.1) is 0 Å². The number of hydrazine groups is 1. The molecular weight excluding hydrogens is 402 g/mol. The van der Waals surface area contributed by atoms with Crippen LogP contribution in [-0.2, 0) is 17.8 Å². The van der Waals surface area contributed by atoms with Crippen molar-refractivity contribution in [2.24, 2.45) is 0 Å². The smallest absolute Gasteiger partial charge is 0.337 e. The van der Waals surface area contributed by atoms with Crippen molar-refractivity contribution in [3.63, 3.8) is 0 Å². The van der Waals surface area contributed by atoms with Gasteiger partial charge in [-0.3, -0.25) is 4.79 Å². The first kappa shape index (κ1) is 21.3. The molecule has 0 saturated carbocycles. The quantitative estimate of drug-likeness (QED) is 0.499. The molecule has 0 atom stereocenters. The number of carboxylic acids is 1. The summed E-state index contributed by atoms with van der Waals surface area (Å²) in [5.74, 6) is -1.27. The number of amides is 1. The monoisotopic (exact) mass is 427 g/mol. The van der Waals surface area contributed by atoms with E-state index in [1.807, 2.05) is 30.3 Å². The lowest BCUT2D eigenvalue weighted by Crippen LogP contribution is -2.28. The van der Waals surface area contributed by atoms with Gasteiger partial charge in [-0.05, 0) is 40.8 Å². The van der Waals surface area contributed by atoms with Crippen LogP contribution in [0.4, 0.5) is 5.69 Å². The maximum Gasteiger partial charge on any atom is 0.337 e. The van der Waals surface area contributed by atoms with Crippen molar-refractivity contribution in [2.75, 3.05) is 11.9 Å². The number of aryl methyl sites for hydroxylation is 1. The van der Waals surface area contributed by atoms with Crippen LogP contribution in [0.1, 0.15) is 33.5 Å². The van der Waals surface area contributed by atoms with Crippen molar-refractivity contribution in [1.82, 2.24) is 10.4 Å². The molecule has 0 aromatic heterocycles. The van der Waals surface area contributed by atoms with E-state index in [2.05, 4.69) is 46.2 Å². The summed E-state index contributed by atoms with van der Waals surface area (Å²) in [5.41, 5.74) is 8.47. The lowest BCUT2D eigenvalue weighted by atomic mass is 10.0. The molecule has 0 radical (unpaired) electrons. The molecule has 1 amide bonds. The Morgan fingerprint density at radius 3 is 2.38 bits per heavy atom. The topological polar surface area (TPSA) is 81.7 Å². The number of hydrogen-bond acceptors (Lipinski definition) is 4. The highest BCUT2D eigenvalue weighted by Gasteiger charge is 2.14. The Balaban J connectivity index is 1.31. The Morgan fingerprint density at radius 1 is 0.906 bits per heavy atom. The molecule has 3 N–H and O–H groups in total. The molecule has 0 unspecified atom stereocenters. The van der Waals surface area contributed by atoms with Crippen LogP contribution in [0, 0.1) is 0 Å². The second-order valence-electron chi connectivity index (χ2n) is 7.70. The van der Waals surface area contributed by atoms with E-state index in [1.165, 1.54) is 17.2 Å². The molecule has 0 bridgehead atoms. The molecule has 0 saturated heterocycles. The zero-order chi connectivity index (χ0) is 22.3. The van der Waals surface area contributed by atoms with Gasteiger partial charge in [0.25, 0.3) is 0 Å². The van der Waals surface area contributed by atoms with E-state index in [1.54, 1.807) is 18.2 Å². The van der Waals surface area contributed by atoms with E-state index in [0.29, 0.717) is 12.1 Å². The molecule has 3 aromatic carbocycles. The maximum absolute atomic E-state index is 12.3. The van der Waals surface area contributed by atoms with E-state index in [4.69, 9.17) is 0 Å². The summed E-state index contributed by atoms with van der Waals surface area (Å²) in [6, 6.07) is 25.0. The summed E-state index contributed by atoms with van der Waals surface area (Å²) in [7, 11) is 0. The van der Waals surface area contributed by atoms with Gasteiger partial charge in [0.2, 0.25) is 5.91 Å². The van der Waals surface area contributed by atoms with Crippen molar-refractivity contribution < 1.29 is 14.7 Å². The Hall–Kier alpha value is -3.90. The molecule has 3 aromatic rings. The number of carboxylic acid groups (broad SMARTS) is 1. The van der Waals surface area contributed by atoms with Gasteiger partial charge in [0.05, 0.1) is 17.8 Å². The first-order valence-corrected chi connectivity index (χ1v) is 10.5. The van der Waals surface area contributed by atoms with Gasteiger partial charge in [-0.25, -0.2) is 10.2 Å². The van der Waals surface area contributed by atoms with Gasteiger partial charge < -0.3 is 15.4 Å². The van der Waals surface area contributed by atoms with Gasteiger partial charge in [0.1, 0.15) is 0 Å². The number of benzene rings is 3. The SMILES string of the molecule is O=C(CCc1ccc(C2=CN(Cc3ccccc3)NC2)cc1)Nc1ccccc1C(=O)O. The predicted molar refractivity (Wildman–Crippen MR) is 125 cm³/mol. The molecule has 162 valence electrons. The lowest BCUT2D eigenvalue weighted by Gasteiger charge is -2.15. The molecule has 6 nitrogen and oxygen atoms in total. The van der Waals surface area contributed by atoms with E-state index >= 15 is 0 Å². The van der Waals surface area contributed by atoms with Crippen molar-refractivity contribution in [3.8, 4) is 0 Å². The van der Waals surface area contributed by atoms with Gasteiger partial charge >= 0.3 is 5.97 Å². The van der Waals surface area contributed by atoms with Crippen LogP contribution >= 0.6 is 0 Å². The first-order chi connectivity index (χ1) is 15.6. The molecule has 0 spiro atoms. The molecular formula is C26H25N3O3. The van der Waals surface area contributed by atoms with Crippen LogP contribution in [0.2, 0.25) is 0 Å². The minimum atomic E-state index is -1.06. The van der Waals surface area contributed by atoms with E-state index < -0.39 is 5.97 Å². The highest BCUT2D eigenvalue weighted by atomic mass is 16.4. The van der Waals surface area contributed by atoms with E-state index in [-0.39, 0.29) is 17.9 Å². The Kier molecular flexibility index (Phi) is 6.63. The first-order valence-electron chi connectivity index (χ1n) is 10.5. The molecule has 1 aliphatic rings. The van der Waals surface area contributed by atoms with Crippen LogP contribution in [0.5, 0.6) is 0 Å². The second-order valence-corrected chi connectivity index (χ2v) is 7.70. The predicted octanol–water partition coefficient (Wildman–Crippen LogP) is 4.32. The number of aromatic carboxylic acids is 1. The largest absolute Gasteiger partial charge is 0.478 e. The Morgan fingerprint density at radius 2 is 1.62 bits per heavy atom. The zero-order valence-electron chi connectivity index (χ0n) is 17.6. The summed E-state index contributed by atoms with van der Waals surface area (Å²) in [6.07, 6.45) is 3.00. The minimum Gasteiger partial charge on any atom is -0.478 e. The van der Waals surface area contributed by atoms with Gasteiger partial charge in [-0.2, -0.15) is 0 Å². The van der Waals surface area contributed by atoms with E-state index in [0.717, 1.165) is 24.2 Å². The molecule has 1 aliphatic heterocycles. The summed E-state index contributed by atoms with van der Waals surface area (Å²) < 4.78 is 0. The highest BCUT2D eigenvalue weighted by molar-refractivity contribution is 6.00. The number of anilines is 1. The van der Waals surface area contributed by atoms with Crippen LogP contribution in [0.25, 0.3) is 5.57 Å². The normalized spacial score (nSPS) is 13.0. The Bertz CT molecular complexity index is 1120. The molecule has 32 heavy (non-hydrogen) atoms. The Labute approximate surface area is 187 Å². The summed E-state index contributed by atoms with van der Waals surface area (Å²) in [6.45, 7) is 1.58. The molecule has 4 rings (SSSR count). The summed E-state index contributed by atoms with van der Waals surface area (Å²) in [4.78, 5) is 23.6. The fourth-order valence-electron chi connectivity index (χ4n) is 3.66. The molecule has 6 heteroatoms. The van der Waals surface area contributed by atoms with Crippen LogP contribution in [0.3, 0.4) is 0 Å². The molecule has 0 fully saturated rings. The number of rotatable bonds is 8. The van der Waals surface area contributed by atoms with Crippen molar-refractivity contribution in [2.45, 2.75) is 19.4 Å². The fraction of sp³-hybridized carbons (Fsp3) is 0.154. The average Bonchev–Trinajstić information content (AvgIpc) is 3.27. The average molecular weight is 428 g/mol. The third kappa shape index (κ3) is 5.42. The number of nitrogens with one attached hydrogen (secondary N) is 2. The van der Waals surface area contributed by atoms with Gasteiger partial charge in [0, 0.05) is 19.2 Å². The standard InChI is InChI=1S/C26H25N3O3/c30-25(28-24-9-5-4-8-23(24)26(31)32)15-12-19-10-13-21(14-11-19)22-16-27-29(18-22)17-20-6-2-1-3-7-20/h1-11,13-14,18,27H,12,15-17H2,(H,28,30)(H,31,32). The summed E-state index contributed by atoms with van der Waals surface area (Å²) in [5, 5.41) is 14.0. The van der Waals surface area contributed by atoms with Crippen molar-refractivity contribution in [1.29, 1.82) is 0 Å². The third-order valence-corrected chi connectivity index (χ3v) is 5.38. The van der Waals surface area contributed by atoms with Gasteiger partial charge in [-0.1, -0.05) is 66.7 Å². The number of para-hydroxylation sites is 1. The number of carbonyl (C=O) groups excluding carboxylic acids is 1. The lowest BCUT2D eigenvalue weighted by molar-refractivity contribution is -0.116. The highest BCUT2D eigenvalue weighted by Crippen LogP contribution is 2.21.